The first kappa shape index (κ1) is 18.4. The van der Waals surface area contributed by atoms with Gasteiger partial charge in [0.1, 0.15) is 5.69 Å². The summed E-state index contributed by atoms with van der Waals surface area (Å²) in [4.78, 5) is 24.0. The molecule has 0 bridgehead atoms. The first-order valence-corrected chi connectivity index (χ1v) is 9.55. The van der Waals surface area contributed by atoms with Gasteiger partial charge in [-0.05, 0) is 49.4 Å². The molecule has 0 saturated carbocycles. The number of carbonyl (C=O) groups is 1. The summed E-state index contributed by atoms with van der Waals surface area (Å²) in [6.45, 7) is 8.14. The van der Waals surface area contributed by atoms with E-state index in [1.54, 1.807) is 6.07 Å². The van der Waals surface area contributed by atoms with Crippen LogP contribution in [0.4, 0.5) is 11.6 Å². The van der Waals surface area contributed by atoms with Gasteiger partial charge < -0.3 is 10.2 Å². The van der Waals surface area contributed by atoms with E-state index < -0.39 is 0 Å². The van der Waals surface area contributed by atoms with Gasteiger partial charge in [-0.15, -0.1) is 0 Å². The molecule has 26 heavy (non-hydrogen) atoms. The molecule has 1 saturated heterocycles. The molecular weight excluding hydrogens is 324 g/mol. The van der Waals surface area contributed by atoms with Gasteiger partial charge in [0.15, 0.2) is 0 Å². The Labute approximate surface area is 155 Å². The van der Waals surface area contributed by atoms with E-state index in [0.29, 0.717) is 17.6 Å². The molecule has 138 valence electrons. The van der Waals surface area contributed by atoms with Gasteiger partial charge in [-0.3, -0.25) is 4.79 Å². The lowest BCUT2D eigenvalue weighted by molar-refractivity contribution is 0.102. The number of hydrogen-bond donors (Lipinski definition) is 1. The Bertz CT molecular complexity index is 747. The van der Waals surface area contributed by atoms with E-state index in [1.807, 2.05) is 31.2 Å². The Morgan fingerprint density at radius 3 is 2.31 bits per heavy atom. The Morgan fingerprint density at radius 2 is 1.69 bits per heavy atom. The van der Waals surface area contributed by atoms with Crippen molar-refractivity contribution in [1.29, 1.82) is 0 Å². The number of carbonyl (C=O) groups excluding carboxylic acids is 1. The number of benzene rings is 1. The number of aryl methyl sites for hydroxylation is 1. The van der Waals surface area contributed by atoms with Gasteiger partial charge in [-0.1, -0.05) is 38.8 Å². The molecule has 5 heteroatoms. The zero-order chi connectivity index (χ0) is 18.5. The first-order valence-electron chi connectivity index (χ1n) is 9.55. The average Bonchev–Trinajstić information content (AvgIpc) is 2.91. The summed E-state index contributed by atoms with van der Waals surface area (Å²) < 4.78 is 0. The van der Waals surface area contributed by atoms with E-state index in [0.717, 1.165) is 37.3 Å². The second kappa shape index (κ2) is 8.30. The van der Waals surface area contributed by atoms with E-state index in [-0.39, 0.29) is 5.91 Å². The van der Waals surface area contributed by atoms with Crippen molar-refractivity contribution in [2.24, 2.45) is 0 Å². The van der Waals surface area contributed by atoms with Crippen LogP contribution in [0, 0.1) is 6.92 Å². The van der Waals surface area contributed by atoms with Crippen LogP contribution < -0.4 is 10.2 Å². The summed E-state index contributed by atoms with van der Waals surface area (Å²) >= 11 is 0. The zero-order valence-corrected chi connectivity index (χ0v) is 16.0. The summed E-state index contributed by atoms with van der Waals surface area (Å²) in [5.41, 5.74) is 3.28. The van der Waals surface area contributed by atoms with Crippen molar-refractivity contribution in [2.75, 3.05) is 23.3 Å². The van der Waals surface area contributed by atoms with Gasteiger partial charge in [0.25, 0.3) is 5.91 Å². The maximum atomic E-state index is 12.7. The highest BCUT2D eigenvalue weighted by Crippen LogP contribution is 2.19. The number of nitrogens with zero attached hydrogens (tertiary/aromatic N) is 3. The molecule has 0 aliphatic carbocycles. The predicted octanol–water partition coefficient (Wildman–Crippen LogP) is 4.54. The maximum Gasteiger partial charge on any atom is 0.274 e. The second-order valence-corrected chi connectivity index (χ2v) is 7.33. The summed E-state index contributed by atoms with van der Waals surface area (Å²) in [6.07, 6.45) is 4.81. The molecule has 1 aliphatic rings. The number of aromatic nitrogens is 2. The highest BCUT2D eigenvalue weighted by molar-refractivity contribution is 6.03. The average molecular weight is 352 g/mol. The molecule has 1 N–H and O–H groups in total. The van der Waals surface area contributed by atoms with E-state index in [2.05, 4.69) is 34.0 Å². The minimum atomic E-state index is -0.191. The van der Waals surface area contributed by atoms with Crippen molar-refractivity contribution in [3.8, 4) is 0 Å². The molecule has 1 aromatic heterocycles. The topological polar surface area (TPSA) is 58.1 Å². The third-order valence-electron chi connectivity index (χ3n) is 4.80. The zero-order valence-electron chi connectivity index (χ0n) is 16.0. The van der Waals surface area contributed by atoms with Crippen molar-refractivity contribution in [2.45, 2.75) is 52.4 Å². The molecule has 2 aromatic rings. The molecular formula is C21H28N4O. The fourth-order valence-corrected chi connectivity index (χ4v) is 3.23. The quantitative estimate of drug-likeness (QED) is 0.877. The highest BCUT2D eigenvalue weighted by Gasteiger charge is 2.16. The number of amides is 1. The van der Waals surface area contributed by atoms with Crippen LogP contribution in [0.2, 0.25) is 0 Å². The normalized spacial score (nSPS) is 15.0. The minimum Gasteiger partial charge on any atom is -0.341 e. The van der Waals surface area contributed by atoms with Gasteiger partial charge in [-0.2, -0.15) is 0 Å². The molecule has 0 spiro atoms. The molecule has 5 nitrogen and oxygen atoms in total. The Hall–Kier alpha value is -2.43. The highest BCUT2D eigenvalue weighted by atomic mass is 16.1. The lowest BCUT2D eigenvalue weighted by atomic mass is 10.0. The van der Waals surface area contributed by atoms with Crippen LogP contribution in [0.25, 0.3) is 0 Å². The Kier molecular flexibility index (Phi) is 5.86. The van der Waals surface area contributed by atoms with Crippen molar-refractivity contribution in [3.63, 3.8) is 0 Å². The van der Waals surface area contributed by atoms with Crippen molar-refractivity contribution in [1.82, 2.24) is 9.97 Å². The predicted molar refractivity (Wildman–Crippen MR) is 106 cm³/mol. The van der Waals surface area contributed by atoms with Gasteiger partial charge >= 0.3 is 0 Å². The number of hydrogen-bond acceptors (Lipinski definition) is 4. The lowest BCUT2D eigenvalue weighted by Gasteiger charge is -2.21. The summed E-state index contributed by atoms with van der Waals surface area (Å²) in [7, 11) is 0. The van der Waals surface area contributed by atoms with Crippen LogP contribution >= 0.6 is 0 Å². The monoisotopic (exact) mass is 352 g/mol. The van der Waals surface area contributed by atoms with Crippen molar-refractivity contribution in [3.05, 3.63) is 47.3 Å². The van der Waals surface area contributed by atoms with E-state index in [1.165, 1.54) is 18.4 Å². The van der Waals surface area contributed by atoms with E-state index in [4.69, 9.17) is 0 Å². The molecule has 0 unspecified atom stereocenters. The Balaban J connectivity index is 1.76. The van der Waals surface area contributed by atoms with Crippen LogP contribution in [-0.2, 0) is 0 Å². The molecule has 2 heterocycles. The molecule has 1 amide bonds. The molecule has 1 fully saturated rings. The maximum absolute atomic E-state index is 12.7. The van der Waals surface area contributed by atoms with Crippen LogP contribution in [0.5, 0.6) is 0 Å². The van der Waals surface area contributed by atoms with E-state index in [9.17, 15) is 4.79 Å². The number of rotatable bonds is 4. The fourth-order valence-electron chi connectivity index (χ4n) is 3.23. The van der Waals surface area contributed by atoms with Gasteiger partial charge in [-0.25, -0.2) is 9.97 Å². The van der Waals surface area contributed by atoms with Crippen LogP contribution in [0.1, 0.15) is 67.2 Å². The smallest absolute Gasteiger partial charge is 0.274 e. The standard InChI is InChI=1S/C21H28N4O/c1-15(2)17-8-10-18(11-9-17)23-20(26)19-14-16(3)22-21(24-19)25-12-6-4-5-7-13-25/h8-11,14-15H,4-7,12-13H2,1-3H3,(H,23,26). The third kappa shape index (κ3) is 4.59. The van der Waals surface area contributed by atoms with Gasteiger partial charge in [0, 0.05) is 24.5 Å². The van der Waals surface area contributed by atoms with Crippen LogP contribution in [0.3, 0.4) is 0 Å². The molecule has 3 rings (SSSR count). The number of nitrogens with one attached hydrogen (secondary N) is 1. The molecule has 1 aliphatic heterocycles. The third-order valence-corrected chi connectivity index (χ3v) is 4.80. The molecule has 0 atom stereocenters. The molecule has 1 aromatic carbocycles. The van der Waals surface area contributed by atoms with Crippen molar-refractivity contribution >= 4 is 17.5 Å². The molecule has 0 radical (unpaired) electrons. The minimum absolute atomic E-state index is 0.191. The van der Waals surface area contributed by atoms with Gasteiger partial charge in [0.05, 0.1) is 0 Å². The Morgan fingerprint density at radius 1 is 1.04 bits per heavy atom. The van der Waals surface area contributed by atoms with Gasteiger partial charge in [0.2, 0.25) is 5.95 Å². The second-order valence-electron chi connectivity index (χ2n) is 7.33. The summed E-state index contributed by atoms with van der Waals surface area (Å²) in [5.74, 6) is 0.955. The summed E-state index contributed by atoms with van der Waals surface area (Å²) in [6, 6.07) is 9.73. The lowest BCUT2D eigenvalue weighted by Crippen LogP contribution is -2.27. The summed E-state index contributed by atoms with van der Waals surface area (Å²) in [5, 5.41) is 2.95. The SMILES string of the molecule is Cc1cc(C(=O)Nc2ccc(C(C)C)cc2)nc(N2CCCCCC2)n1. The van der Waals surface area contributed by atoms with Crippen molar-refractivity contribution < 1.29 is 4.79 Å². The van der Waals surface area contributed by atoms with Crippen LogP contribution in [-0.4, -0.2) is 29.0 Å². The van der Waals surface area contributed by atoms with Crippen LogP contribution in [0.15, 0.2) is 30.3 Å². The fraction of sp³-hybridized carbons (Fsp3) is 0.476. The largest absolute Gasteiger partial charge is 0.341 e. The van der Waals surface area contributed by atoms with E-state index >= 15 is 0 Å². The number of anilines is 2. The first-order chi connectivity index (χ1) is 12.5.